The van der Waals surface area contributed by atoms with Gasteiger partial charge in [0.05, 0.1) is 0 Å². The minimum atomic E-state index is -0.978. The first-order valence-corrected chi connectivity index (χ1v) is 10.1. The lowest BCUT2D eigenvalue weighted by Crippen LogP contribution is -2.48. The van der Waals surface area contributed by atoms with Gasteiger partial charge in [-0.15, -0.1) is 0 Å². The smallest absolute Gasteiger partial charge is 0.201 e. The summed E-state index contributed by atoms with van der Waals surface area (Å²) in [5.74, 6) is -0.859. The number of hydrogen-bond donors (Lipinski definition) is 1. The Hall–Kier alpha value is -0.900. The Morgan fingerprint density at radius 1 is 0.880 bits per heavy atom. The SMILES string of the molecule is CCCCCCCCC(C)C(OCC)(OCC)C(O)c1ccccc1. The molecule has 3 heteroatoms. The maximum atomic E-state index is 11.1. The van der Waals surface area contributed by atoms with Crippen molar-refractivity contribution in [3.05, 3.63) is 35.9 Å². The van der Waals surface area contributed by atoms with E-state index in [-0.39, 0.29) is 5.92 Å². The van der Waals surface area contributed by atoms with Gasteiger partial charge in [0.15, 0.2) is 0 Å². The van der Waals surface area contributed by atoms with Gasteiger partial charge in [-0.05, 0) is 25.8 Å². The highest BCUT2D eigenvalue weighted by molar-refractivity contribution is 5.20. The van der Waals surface area contributed by atoms with E-state index in [0.717, 1.165) is 18.4 Å². The first-order valence-electron chi connectivity index (χ1n) is 10.1. The summed E-state index contributed by atoms with van der Waals surface area (Å²) in [7, 11) is 0. The monoisotopic (exact) mass is 350 g/mol. The predicted octanol–water partition coefficient (Wildman–Crippen LogP) is 5.88. The zero-order valence-corrected chi connectivity index (χ0v) is 16.7. The topological polar surface area (TPSA) is 38.7 Å². The molecule has 0 aliphatic heterocycles. The van der Waals surface area contributed by atoms with Crippen LogP contribution in [-0.2, 0) is 9.47 Å². The van der Waals surface area contributed by atoms with Gasteiger partial charge in [0, 0.05) is 19.1 Å². The quantitative estimate of drug-likeness (QED) is 0.336. The molecule has 0 saturated heterocycles. The Balaban J connectivity index is 2.79. The van der Waals surface area contributed by atoms with Crippen LogP contribution in [0.1, 0.15) is 84.3 Å². The van der Waals surface area contributed by atoms with Crippen molar-refractivity contribution in [3.8, 4) is 0 Å². The Labute approximate surface area is 154 Å². The number of unbranched alkanes of at least 4 members (excludes halogenated alkanes) is 5. The van der Waals surface area contributed by atoms with Gasteiger partial charge in [0.1, 0.15) is 6.10 Å². The highest BCUT2D eigenvalue weighted by atomic mass is 16.7. The molecule has 0 amide bonds. The molecule has 0 heterocycles. The van der Waals surface area contributed by atoms with E-state index >= 15 is 0 Å². The summed E-state index contributed by atoms with van der Waals surface area (Å²) in [4.78, 5) is 0. The van der Waals surface area contributed by atoms with E-state index in [2.05, 4.69) is 13.8 Å². The standard InChI is InChI=1S/C22H38O3/c1-5-8-9-10-11-13-16-19(4)22(24-6-2,25-7-3)21(23)20-17-14-12-15-18-20/h12,14-15,17-19,21,23H,5-11,13,16H2,1-4H3. The maximum Gasteiger partial charge on any atom is 0.201 e. The van der Waals surface area contributed by atoms with Gasteiger partial charge >= 0.3 is 0 Å². The molecular weight excluding hydrogens is 312 g/mol. The summed E-state index contributed by atoms with van der Waals surface area (Å²) in [6.45, 7) is 9.34. The van der Waals surface area contributed by atoms with Crippen LogP contribution < -0.4 is 0 Å². The average molecular weight is 351 g/mol. The van der Waals surface area contributed by atoms with Crippen LogP contribution in [-0.4, -0.2) is 24.1 Å². The Morgan fingerprint density at radius 2 is 1.44 bits per heavy atom. The second-order valence-corrected chi connectivity index (χ2v) is 6.86. The third-order valence-electron chi connectivity index (χ3n) is 4.91. The Bertz CT molecular complexity index is 426. The number of aliphatic hydroxyl groups excluding tert-OH is 1. The molecule has 0 aromatic heterocycles. The normalized spacial score (nSPS) is 14.4. The first kappa shape index (κ1) is 22.1. The lowest BCUT2D eigenvalue weighted by Gasteiger charge is -2.42. The summed E-state index contributed by atoms with van der Waals surface area (Å²) in [5, 5.41) is 11.1. The summed E-state index contributed by atoms with van der Waals surface area (Å²) in [6, 6.07) is 9.72. The lowest BCUT2D eigenvalue weighted by molar-refractivity contribution is -0.308. The van der Waals surface area contributed by atoms with E-state index in [1.54, 1.807) is 0 Å². The van der Waals surface area contributed by atoms with Crippen molar-refractivity contribution in [1.29, 1.82) is 0 Å². The molecule has 0 aliphatic carbocycles. The van der Waals surface area contributed by atoms with Crippen LogP contribution in [0.25, 0.3) is 0 Å². The fourth-order valence-electron chi connectivity index (χ4n) is 3.50. The second kappa shape index (κ2) is 12.5. The van der Waals surface area contributed by atoms with Crippen molar-refractivity contribution in [2.45, 2.75) is 84.5 Å². The fourth-order valence-corrected chi connectivity index (χ4v) is 3.50. The zero-order chi connectivity index (χ0) is 18.5. The maximum absolute atomic E-state index is 11.1. The predicted molar refractivity (Wildman–Crippen MR) is 105 cm³/mol. The molecule has 1 aromatic carbocycles. The number of benzene rings is 1. The van der Waals surface area contributed by atoms with Crippen LogP contribution in [0.5, 0.6) is 0 Å². The van der Waals surface area contributed by atoms with E-state index in [4.69, 9.17) is 9.47 Å². The van der Waals surface area contributed by atoms with Gasteiger partial charge < -0.3 is 14.6 Å². The number of rotatable bonds is 14. The van der Waals surface area contributed by atoms with Gasteiger partial charge in [0.25, 0.3) is 0 Å². The lowest BCUT2D eigenvalue weighted by atomic mass is 9.86. The molecule has 0 aliphatic rings. The summed E-state index contributed by atoms with van der Waals surface area (Å²) in [5.41, 5.74) is 0.846. The molecule has 0 fully saturated rings. The molecule has 1 rings (SSSR count). The number of hydrogen-bond acceptors (Lipinski definition) is 3. The molecule has 0 bridgehead atoms. The molecule has 0 radical (unpaired) electrons. The highest BCUT2D eigenvalue weighted by Gasteiger charge is 2.45. The molecule has 1 aromatic rings. The van der Waals surface area contributed by atoms with Crippen molar-refractivity contribution in [3.63, 3.8) is 0 Å². The fraction of sp³-hybridized carbons (Fsp3) is 0.727. The van der Waals surface area contributed by atoms with E-state index in [9.17, 15) is 5.11 Å². The van der Waals surface area contributed by atoms with Gasteiger partial charge in [-0.25, -0.2) is 0 Å². The zero-order valence-electron chi connectivity index (χ0n) is 16.7. The molecule has 2 atom stereocenters. The van der Waals surface area contributed by atoms with Crippen molar-refractivity contribution >= 4 is 0 Å². The molecule has 144 valence electrons. The third-order valence-corrected chi connectivity index (χ3v) is 4.91. The second-order valence-electron chi connectivity index (χ2n) is 6.86. The Kier molecular flexibility index (Phi) is 11.0. The Morgan fingerprint density at radius 3 is 2.00 bits per heavy atom. The van der Waals surface area contributed by atoms with Crippen molar-refractivity contribution in [1.82, 2.24) is 0 Å². The van der Waals surface area contributed by atoms with E-state index in [1.165, 1.54) is 32.1 Å². The summed E-state index contributed by atoms with van der Waals surface area (Å²) >= 11 is 0. The van der Waals surface area contributed by atoms with Gasteiger partial charge in [-0.1, -0.05) is 82.7 Å². The molecule has 0 saturated carbocycles. The van der Waals surface area contributed by atoms with Crippen molar-refractivity contribution in [2.75, 3.05) is 13.2 Å². The molecule has 1 N–H and O–H groups in total. The van der Waals surface area contributed by atoms with E-state index in [1.807, 2.05) is 44.2 Å². The third kappa shape index (κ3) is 6.73. The molecule has 3 nitrogen and oxygen atoms in total. The van der Waals surface area contributed by atoms with E-state index in [0.29, 0.717) is 13.2 Å². The largest absolute Gasteiger partial charge is 0.383 e. The van der Waals surface area contributed by atoms with Crippen molar-refractivity contribution in [2.24, 2.45) is 5.92 Å². The first-order chi connectivity index (χ1) is 12.1. The summed E-state index contributed by atoms with van der Waals surface area (Å²) in [6.07, 6.45) is 7.80. The molecule has 25 heavy (non-hydrogen) atoms. The van der Waals surface area contributed by atoms with Crippen LogP contribution in [0, 0.1) is 5.92 Å². The minimum absolute atomic E-state index is 0.119. The van der Waals surface area contributed by atoms with E-state index < -0.39 is 11.9 Å². The molecule has 0 spiro atoms. The van der Waals surface area contributed by atoms with Gasteiger partial charge in [-0.2, -0.15) is 0 Å². The number of ether oxygens (including phenoxy) is 2. The van der Waals surface area contributed by atoms with Crippen molar-refractivity contribution < 1.29 is 14.6 Å². The van der Waals surface area contributed by atoms with Crippen LogP contribution in [0.2, 0.25) is 0 Å². The molecular formula is C22H38O3. The van der Waals surface area contributed by atoms with Gasteiger partial charge in [-0.3, -0.25) is 0 Å². The van der Waals surface area contributed by atoms with Gasteiger partial charge in [0.2, 0.25) is 5.79 Å². The molecule has 2 unspecified atom stereocenters. The number of aliphatic hydroxyl groups is 1. The van der Waals surface area contributed by atoms with Crippen LogP contribution >= 0.6 is 0 Å². The van der Waals surface area contributed by atoms with Crippen LogP contribution in [0.4, 0.5) is 0 Å². The van der Waals surface area contributed by atoms with Crippen LogP contribution in [0.3, 0.4) is 0 Å². The summed E-state index contributed by atoms with van der Waals surface area (Å²) < 4.78 is 12.1. The minimum Gasteiger partial charge on any atom is -0.383 e. The van der Waals surface area contributed by atoms with Crippen LogP contribution in [0.15, 0.2) is 30.3 Å². The average Bonchev–Trinajstić information content (AvgIpc) is 2.64. The highest BCUT2D eigenvalue weighted by Crippen LogP contribution is 2.39.